The molecule has 3 rings (SSSR count). The number of anilines is 1. The van der Waals surface area contributed by atoms with E-state index in [1.807, 2.05) is 30.3 Å². The first-order valence-electron chi connectivity index (χ1n) is 5.16. The molecule has 4 heteroatoms. The lowest BCUT2D eigenvalue weighted by Gasteiger charge is -2.12. The third kappa shape index (κ3) is 1.44. The molecule has 16 heavy (non-hydrogen) atoms. The summed E-state index contributed by atoms with van der Waals surface area (Å²) in [5.41, 5.74) is 0.864. The smallest absolute Gasteiger partial charge is 0.254 e. The van der Waals surface area contributed by atoms with Crippen molar-refractivity contribution in [3.63, 3.8) is 0 Å². The fourth-order valence-corrected chi connectivity index (χ4v) is 1.76. The number of carbonyl (C=O) groups excluding carboxylic acids is 1. The topological polar surface area (TPSA) is 42.4 Å². The minimum absolute atomic E-state index is 0.0391. The standard InChI is InChI=1S/C12H10N2O2/c15-12-7-8-16-14(12)11-6-5-9-3-1-2-4-10(9)13-11/h1-6H,7-8H2. The van der Waals surface area contributed by atoms with Crippen LogP contribution in [0.3, 0.4) is 0 Å². The molecule has 1 saturated heterocycles. The van der Waals surface area contributed by atoms with E-state index < -0.39 is 0 Å². The van der Waals surface area contributed by atoms with Gasteiger partial charge in [-0.25, -0.2) is 4.98 Å². The van der Waals surface area contributed by atoms with Crippen LogP contribution in [0.25, 0.3) is 10.9 Å². The normalized spacial score (nSPS) is 16.0. The molecule has 2 heterocycles. The molecular weight excluding hydrogens is 204 g/mol. The van der Waals surface area contributed by atoms with E-state index in [9.17, 15) is 4.79 Å². The number of hydroxylamine groups is 1. The van der Waals surface area contributed by atoms with Gasteiger partial charge in [-0.2, -0.15) is 5.06 Å². The number of amides is 1. The van der Waals surface area contributed by atoms with Crippen molar-refractivity contribution in [1.29, 1.82) is 0 Å². The molecule has 80 valence electrons. The monoisotopic (exact) mass is 214 g/mol. The zero-order valence-electron chi connectivity index (χ0n) is 8.59. The van der Waals surface area contributed by atoms with Gasteiger partial charge in [0.15, 0.2) is 5.82 Å². The Bertz CT molecular complexity index is 553. The SMILES string of the molecule is O=C1CCON1c1ccc2ccccc2n1. The second-order valence-corrected chi connectivity index (χ2v) is 3.63. The third-order valence-electron chi connectivity index (χ3n) is 2.55. The lowest BCUT2D eigenvalue weighted by atomic mass is 10.2. The molecule has 1 aliphatic heterocycles. The average molecular weight is 214 g/mol. The predicted molar refractivity (Wildman–Crippen MR) is 59.8 cm³/mol. The number of pyridine rings is 1. The van der Waals surface area contributed by atoms with E-state index >= 15 is 0 Å². The molecule has 0 N–H and O–H groups in total. The molecule has 1 fully saturated rings. The van der Waals surface area contributed by atoms with Crippen LogP contribution < -0.4 is 5.06 Å². The number of carbonyl (C=O) groups is 1. The van der Waals surface area contributed by atoms with Crippen molar-refractivity contribution in [3.8, 4) is 0 Å². The molecule has 0 spiro atoms. The summed E-state index contributed by atoms with van der Waals surface area (Å²) in [6, 6.07) is 11.5. The molecule has 1 aromatic carbocycles. The zero-order chi connectivity index (χ0) is 11.0. The van der Waals surface area contributed by atoms with Crippen LogP contribution in [0.4, 0.5) is 5.82 Å². The molecule has 0 atom stereocenters. The Kier molecular flexibility index (Phi) is 2.08. The maximum Gasteiger partial charge on any atom is 0.254 e. The molecule has 0 radical (unpaired) electrons. The average Bonchev–Trinajstić information content (AvgIpc) is 2.75. The Balaban J connectivity index is 2.08. The third-order valence-corrected chi connectivity index (χ3v) is 2.55. The summed E-state index contributed by atoms with van der Waals surface area (Å²) in [7, 11) is 0. The first-order valence-corrected chi connectivity index (χ1v) is 5.16. The van der Waals surface area contributed by atoms with Crippen LogP contribution in [-0.4, -0.2) is 17.5 Å². The van der Waals surface area contributed by atoms with E-state index in [4.69, 9.17) is 4.84 Å². The number of para-hydroxylation sites is 1. The minimum Gasteiger partial charge on any atom is -0.272 e. The van der Waals surface area contributed by atoms with Crippen LogP contribution in [0.2, 0.25) is 0 Å². The van der Waals surface area contributed by atoms with Gasteiger partial charge in [-0.15, -0.1) is 0 Å². The Hall–Kier alpha value is -1.94. The summed E-state index contributed by atoms with van der Waals surface area (Å²) < 4.78 is 0. The minimum atomic E-state index is -0.0391. The number of hydrogen-bond donors (Lipinski definition) is 0. The molecule has 0 aliphatic carbocycles. The summed E-state index contributed by atoms with van der Waals surface area (Å²) in [4.78, 5) is 21.1. The molecule has 2 aromatic rings. The summed E-state index contributed by atoms with van der Waals surface area (Å²) >= 11 is 0. The summed E-state index contributed by atoms with van der Waals surface area (Å²) in [5, 5.41) is 2.32. The van der Waals surface area contributed by atoms with Gasteiger partial charge in [0.25, 0.3) is 5.91 Å². The molecular formula is C12H10N2O2. The van der Waals surface area contributed by atoms with E-state index in [1.165, 1.54) is 5.06 Å². The second kappa shape index (κ2) is 3.57. The maximum absolute atomic E-state index is 11.5. The van der Waals surface area contributed by atoms with Gasteiger partial charge in [0.05, 0.1) is 18.5 Å². The van der Waals surface area contributed by atoms with Crippen LogP contribution in [0, 0.1) is 0 Å². The molecule has 1 amide bonds. The number of rotatable bonds is 1. The Labute approximate surface area is 92.4 Å². The van der Waals surface area contributed by atoms with Gasteiger partial charge in [0, 0.05) is 5.39 Å². The van der Waals surface area contributed by atoms with E-state index in [1.54, 1.807) is 6.07 Å². The quantitative estimate of drug-likeness (QED) is 0.728. The van der Waals surface area contributed by atoms with Crippen molar-refractivity contribution in [2.45, 2.75) is 6.42 Å². The first kappa shape index (κ1) is 9.30. The van der Waals surface area contributed by atoms with Crippen LogP contribution in [0.1, 0.15) is 6.42 Å². The van der Waals surface area contributed by atoms with Crippen molar-refractivity contribution in [3.05, 3.63) is 36.4 Å². The molecule has 1 aliphatic rings. The fourth-order valence-electron chi connectivity index (χ4n) is 1.76. The molecule has 0 unspecified atom stereocenters. The van der Waals surface area contributed by atoms with Crippen LogP contribution in [0.5, 0.6) is 0 Å². The molecule has 4 nitrogen and oxygen atoms in total. The van der Waals surface area contributed by atoms with Crippen molar-refractivity contribution < 1.29 is 9.63 Å². The van der Waals surface area contributed by atoms with Crippen LogP contribution in [-0.2, 0) is 9.63 Å². The van der Waals surface area contributed by atoms with Gasteiger partial charge in [0.2, 0.25) is 0 Å². The summed E-state index contributed by atoms with van der Waals surface area (Å²) in [6.07, 6.45) is 0.425. The van der Waals surface area contributed by atoms with Crippen molar-refractivity contribution in [1.82, 2.24) is 4.98 Å². The molecule has 1 aromatic heterocycles. The number of nitrogens with zero attached hydrogens (tertiary/aromatic N) is 2. The van der Waals surface area contributed by atoms with Crippen LogP contribution >= 0.6 is 0 Å². The van der Waals surface area contributed by atoms with Gasteiger partial charge in [-0.3, -0.25) is 9.63 Å². The highest BCUT2D eigenvalue weighted by Crippen LogP contribution is 2.21. The van der Waals surface area contributed by atoms with E-state index in [0.29, 0.717) is 18.8 Å². The van der Waals surface area contributed by atoms with Crippen molar-refractivity contribution in [2.24, 2.45) is 0 Å². The van der Waals surface area contributed by atoms with E-state index in [0.717, 1.165) is 10.9 Å². The lowest BCUT2D eigenvalue weighted by molar-refractivity contribution is -0.119. The summed E-state index contributed by atoms with van der Waals surface area (Å²) in [5.74, 6) is 0.518. The predicted octanol–water partition coefficient (Wildman–Crippen LogP) is 1.90. The maximum atomic E-state index is 11.5. The van der Waals surface area contributed by atoms with Gasteiger partial charge < -0.3 is 0 Å². The van der Waals surface area contributed by atoms with Gasteiger partial charge in [-0.1, -0.05) is 18.2 Å². The number of fused-ring (bicyclic) bond motifs is 1. The Morgan fingerprint density at radius 3 is 2.88 bits per heavy atom. The van der Waals surface area contributed by atoms with E-state index in [-0.39, 0.29) is 5.91 Å². The Morgan fingerprint density at radius 1 is 1.19 bits per heavy atom. The molecule has 0 bridgehead atoms. The lowest BCUT2D eigenvalue weighted by Crippen LogP contribution is -2.23. The van der Waals surface area contributed by atoms with Crippen molar-refractivity contribution >= 4 is 22.6 Å². The number of hydrogen-bond acceptors (Lipinski definition) is 3. The van der Waals surface area contributed by atoms with Gasteiger partial charge in [0.1, 0.15) is 0 Å². The highest BCUT2D eigenvalue weighted by molar-refractivity contribution is 5.93. The number of aromatic nitrogens is 1. The molecule has 0 saturated carbocycles. The fraction of sp³-hybridized carbons (Fsp3) is 0.167. The largest absolute Gasteiger partial charge is 0.272 e. The van der Waals surface area contributed by atoms with Gasteiger partial charge >= 0.3 is 0 Å². The second-order valence-electron chi connectivity index (χ2n) is 3.63. The highest BCUT2D eigenvalue weighted by Gasteiger charge is 2.24. The summed E-state index contributed by atoms with van der Waals surface area (Å²) in [6.45, 7) is 0.438. The Morgan fingerprint density at radius 2 is 2.06 bits per heavy atom. The number of benzene rings is 1. The van der Waals surface area contributed by atoms with Crippen LogP contribution in [0.15, 0.2) is 36.4 Å². The zero-order valence-corrected chi connectivity index (χ0v) is 8.59. The van der Waals surface area contributed by atoms with Gasteiger partial charge in [-0.05, 0) is 18.2 Å². The van der Waals surface area contributed by atoms with Crippen molar-refractivity contribution in [2.75, 3.05) is 11.7 Å². The first-order chi connectivity index (χ1) is 7.84. The highest BCUT2D eigenvalue weighted by atomic mass is 16.7. The van der Waals surface area contributed by atoms with E-state index in [2.05, 4.69) is 4.98 Å².